The van der Waals surface area contributed by atoms with Crippen LogP contribution in [0.3, 0.4) is 0 Å². The minimum Gasteiger partial charge on any atom is -0.494 e. The van der Waals surface area contributed by atoms with Crippen molar-refractivity contribution in [3.05, 3.63) is 53.6 Å². The zero-order valence-electron chi connectivity index (χ0n) is 13.1. The molecular formula is C18H21ClN2O2. The van der Waals surface area contributed by atoms with Gasteiger partial charge in [-0.25, -0.2) is 0 Å². The molecule has 122 valence electrons. The third-order valence-corrected chi connectivity index (χ3v) is 3.45. The predicted molar refractivity (Wildman–Crippen MR) is 95.4 cm³/mol. The summed E-state index contributed by atoms with van der Waals surface area (Å²) in [6.45, 7) is 3.03. The molecule has 0 unspecified atom stereocenters. The van der Waals surface area contributed by atoms with E-state index >= 15 is 0 Å². The lowest BCUT2D eigenvalue weighted by Gasteiger charge is -2.09. The lowest BCUT2D eigenvalue weighted by atomic mass is 10.3. The molecular weight excluding hydrogens is 312 g/mol. The molecule has 0 aliphatic rings. The van der Waals surface area contributed by atoms with Crippen LogP contribution in [0.15, 0.2) is 48.5 Å². The van der Waals surface area contributed by atoms with E-state index in [0.717, 1.165) is 30.0 Å². The summed E-state index contributed by atoms with van der Waals surface area (Å²) in [6, 6.07) is 14.6. The Kier molecular flexibility index (Phi) is 6.76. The number of hydrogen-bond donors (Lipinski definition) is 2. The molecule has 0 spiro atoms. The van der Waals surface area contributed by atoms with Gasteiger partial charge in [0.15, 0.2) is 0 Å². The largest absolute Gasteiger partial charge is 0.494 e. The van der Waals surface area contributed by atoms with Gasteiger partial charge in [-0.15, -0.1) is 0 Å². The summed E-state index contributed by atoms with van der Waals surface area (Å²) in [5.41, 5.74) is 1.60. The van der Waals surface area contributed by atoms with Gasteiger partial charge in [0.2, 0.25) is 5.91 Å². The van der Waals surface area contributed by atoms with Crippen LogP contribution >= 0.6 is 11.6 Å². The molecule has 2 rings (SSSR count). The maximum atomic E-state index is 11.9. The standard InChI is InChI=1S/C18H21ClN2O2/c1-2-3-12-23-17-10-8-16(9-11-17)21-18(22)13-20-15-6-4-14(19)5-7-15/h4-11,20H,2-3,12-13H2,1H3,(H,21,22). The van der Waals surface area contributed by atoms with E-state index in [1.807, 2.05) is 36.4 Å². The van der Waals surface area contributed by atoms with Crippen molar-refractivity contribution >= 4 is 28.9 Å². The van der Waals surface area contributed by atoms with Crippen molar-refractivity contribution in [2.45, 2.75) is 19.8 Å². The molecule has 5 heteroatoms. The van der Waals surface area contributed by atoms with E-state index in [1.54, 1.807) is 12.1 Å². The summed E-state index contributed by atoms with van der Waals surface area (Å²) < 4.78 is 5.59. The van der Waals surface area contributed by atoms with Crippen molar-refractivity contribution in [3.63, 3.8) is 0 Å². The highest BCUT2D eigenvalue weighted by atomic mass is 35.5. The fourth-order valence-electron chi connectivity index (χ4n) is 1.92. The van der Waals surface area contributed by atoms with Gasteiger partial charge in [-0.1, -0.05) is 24.9 Å². The Morgan fingerprint density at radius 3 is 2.35 bits per heavy atom. The first-order valence-electron chi connectivity index (χ1n) is 7.69. The van der Waals surface area contributed by atoms with Gasteiger partial charge in [0.25, 0.3) is 0 Å². The molecule has 2 aromatic rings. The summed E-state index contributed by atoms with van der Waals surface area (Å²) in [7, 11) is 0. The van der Waals surface area contributed by atoms with Gasteiger partial charge in [-0.05, 0) is 55.0 Å². The molecule has 4 nitrogen and oxygen atoms in total. The van der Waals surface area contributed by atoms with Crippen LogP contribution in [-0.4, -0.2) is 19.1 Å². The number of halogens is 1. The minimum atomic E-state index is -0.111. The minimum absolute atomic E-state index is 0.111. The quantitative estimate of drug-likeness (QED) is 0.696. The average molecular weight is 333 g/mol. The molecule has 0 heterocycles. The Labute approximate surface area is 141 Å². The van der Waals surface area contributed by atoms with Crippen LogP contribution in [0.5, 0.6) is 5.75 Å². The molecule has 2 N–H and O–H groups in total. The van der Waals surface area contributed by atoms with Crippen LogP contribution < -0.4 is 15.4 Å². The molecule has 0 aliphatic carbocycles. The molecule has 0 atom stereocenters. The number of nitrogens with one attached hydrogen (secondary N) is 2. The number of anilines is 2. The van der Waals surface area contributed by atoms with Crippen molar-refractivity contribution in [2.75, 3.05) is 23.8 Å². The Bertz CT molecular complexity index is 612. The van der Waals surface area contributed by atoms with Crippen molar-refractivity contribution in [1.82, 2.24) is 0 Å². The van der Waals surface area contributed by atoms with Gasteiger partial charge in [0, 0.05) is 16.4 Å². The van der Waals surface area contributed by atoms with Crippen molar-refractivity contribution in [3.8, 4) is 5.75 Å². The Balaban J connectivity index is 1.77. The lowest BCUT2D eigenvalue weighted by molar-refractivity contribution is -0.114. The molecule has 0 aliphatic heterocycles. The van der Waals surface area contributed by atoms with Crippen LogP contribution in [0.1, 0.15) is 19.8 Å². The first kappa shape index (κ1) is 17.2. The third kappa shape index (κ3) is 6.20. The third-order valence-electron chi connectivity index (χ3n) is 3.20. The van der Waals surface area contributed by atoms with Crippen LogP contribution in [-0.2, 0) is 4.79 Å². The first-order chi connectivity index (χ1) is 11.2. The van der Waals surface area contributed by atoms with Gasteiger partial charge in [-0.3, -0.25) is 4.79 Å². The molecule has 23 heavy (non-hydrogen) atoms. The van der Waals surface area contributed by atoms with E-state index in [4.69, 9.17) is 16.3 Å². The molecule has 0 saturated heterocycles. The molecule has 0 bridgehead atoms. The SMILES string of the molecule is CCCCOc1ccc(NC(=O)CNc2ccc(Cl)cc2)cc1. The molecule has 2 aromatic carbocycles. The van der Waals surface area contributed by atoms with Crippen molar-refractivity contribution in [1.29, 1.82) is 0 Å². The fourth-order valence-corrected chi connectivity index (χ4v) is 2.05. The normalized spacial score (nSPS) is 10.2. The van der Waals surface area contributed by atoms with Crippen LogP contribution in [0.4, 0.5) is 11.4 Å². The van der Waals surface area contributed by atoms with Crippen molar-refractivity contribution < 1.29 is 9.53 Å². The van der Waals surface area contributed by atoms with Gasteiger partial charge < -0.3 is 15.4 Å². The van der Waals surface area contributed by atoms with E-state index in [0.29, 0.717) is 11.6 Å². The topological polar surface area (TPSA) is 50.4 Å². The maximum Gasteiger partial charge on any atom is 0.243 e. The summed E-state index contributed by atoms with van der Waals surface area (Å²) in [4.78, 5) is 11.9. The van der Waals surface area contributed by atoms with E-state index < -0.39 is 0 Å². The van der Waals surface area contributed by atoms with Gasteiger partial charge in [-0.2, -0.15) is 0 Å². The number of amides is 1. The van der Waals surface area contributed by atoms with E-state index in [9.17, 15) is 4.79 Å². The second-order valence-electron chi connectivity index (χ2n) is 5.14. The monoisotopic (exact) mass is 332 g/mol. The van der Waals surface area contributed by atoms with Crippen LogP contribution in [0.2, 0.25) is 5.02 Å². The van der Waals surface area contributed by atoms with Gasteiger partial charge in [0.05, 0.1) is 13.2 Å². The molecule has 0 radical (unpaired) electrons. The predicted octanol–water partition coefficient (Wildman–Crippen LogP) is 4.57. The Morgan fingerprint density at radius 1 is 1.04 bits per heavy atom. The molecule has 0 aromatic heterocycles. The highest BCUT2D eigenvalue weighted by molar-refractivity contribution is 6.30. The van der Waals surface area contributed by atoms with E-state index in [2.05, 4.69) is 17.6 Å². The number of hydrogen-bond acceptors (Lipinski definition) is 3. The highest BCUT2D eigenvalue weighted by Crippen LogP contribution is 2.16. The lowest BCUT2D eigenvalue weighted by Crippen LogP contribution is -2.21. The molecule has 0 fully saturated rings. The summed E-state index contributed by atoms with van der Waals surface area (Å²) in [5, 5.41) is 6.55. The molecule has 0 saturated carbocycles. The van der Waals surface area contributed by atoms with E-state index in [-0.39, 0.29) is 12.5 Å². The number of ether oxygens (including phenoxy) is 1. The van der Waals surface area contributed by atoms with Gasteiger partial charge in [0.1, 0.15) is 5.75 Å². The summed E-state index contributed by atoms with van der Waals surface area (Å²) >= 11 is 5.82. The van der Waals surface area contributed by atoms with Gasteiger partial charge >= 0.3 is 0 Å². The second kappa shape index (κ2) is 9.06. The van der Waals surface area contributed by atoms with Crippen LogP contribution in [0, 0.1) is 0 Å². The summed E-state index contributed by atoms with van der Waals surface area (Å²) in [6.07, 6.45) is 2.14. The number of unbranched alkanes of at least 4 members (excludes halogenated alkanes) is 1. The second-order valence-corrected chi connectivity index (χ2v) is 5.57. The first-order valence-corrected chi connectivity index (χ1v) is 8.07. The maximum absolute atomic E-state index is 11.9. The highest BCUT2D eigenvalue weighted by Gasteiger charge is 2.03. The summed E-state index contributed by atoms with van der Waals surface area (Å²) in [5.74, 6) is 0.704. The van der Waals surface area contributed by atoms with Crippen molar-refractivity contribution in [2.24, 2.45) is 0 Å². The number of carbonyl (C=O) groups is 1. The zero-order chi connectivity index (χ0) is 16.5. The fraction of sp³-hybridized carbons (Fsp3) is 0.278. The number of rotatable bonds is 8. The number of benzene rings is 2. The zero-order valence-corrected chi connectivity index (χ0v) is 13.9. The number of carbonyl (C=O) groups excluding carboxylic acids is 1. The molecule has 1 amide bonds. The Hall–Kier alpha value is -2.20. The average Bonchev–Trinajstić information content (AvgIpc) is 2.56. The Morgan fingerprint density at radius 2 is 1.70 bits per heavy atom. The smallest absolute Gasteiger partial charge is 0.243 e. The van der Waals surface area contributed by atoms with E-state index in [1.165, 1.54) is 0 Å². The van der Waals surface area contributed by atoms with Crippen LogP contribution in [0.25, 0.3) is 0 Å².